The van der Waals surface area contributed by atoms with Crippen LogP contribution in [0, 0.1) is 0 Å². The number of H-pyrrole nitrogens is 1. The van der Waals surface area contributed by atoms with E-state index < -0.39 is 0 Å². The Kier molecular flexibility index (Phi) is 2.61. The molecule has 1 amide bonds. The van der Waals surface area contributed by atoms with Crippen LogP contribution in [0.3, 0.4) is 0 Å². The molecule has 0 saturated carbocycles. The number of thiophene rings is 1. The Balaban J connectivity index is 2.18. The smallest absolute Gasteiger partial charge is 0.268 e. The Bertz CT molecular complexity index is 492. The normalized spacial score (nSPS) is 10.2. The van der Waals surface area contributed by atoms with Crippen molar-refractivity contribution in [3.63, 3.8) is 0 Å². The molecule has 5 nitrogen and oxygen atoms in total. The molecule has 0 aliphatic rings. The maximum atomic E-state index is 11.7. The van der Waals surface area contributed by atoms with Gasteiger partial charge in [-0.2, -0.15) is 5.10 Å². The quantitative estimate of drug-likeness (QED) is 0.753. The monoisotopic (exact) mass is 242 g/mol. The summed E-state index contributed by atoms with van der Waals surface area (Å²) in [5.74, 6) is 0.0791. The van der Waals surface area contributed by atoms with E-state index in [-0.39, 0.29) is 5.91 Å². The molecule has 2 aromatic heterocycles. The largest absolute Gasteiger partial charge is 0.394 e. The predicted molar refractivity (Wildman–Crippen MR) is 60.3 cm³/mol. The Morgan fingerprint density at radius 3 is 3.00 bits per heavy atom. The average molecular weight is 243 g/mol. The van der Waals surface area contributed by atoms with Crippen LogP contribution in [0.2, 0.25) is 5.02 Å². The fourth-order valence-electron chi connectivity index (χ4n) is 1.02. The van der Waals surface area contributed by atoms with Gasteiger partial charge in [0.25, 0.3) is 5.91 Å². The molecule has 78 valence electrons. The van der Waals surface area contributed by atoms with E-state index in [9.17, 15) is 4.79 Å². The van der Waals surface area contributed by atoms with Crippen molar-refractivity contribution in [3.05, 3.63) is 27.5 Å². The minimum absolute atomic E-state index is 0.300. The van der Waals surface area contributed by atoms with Gasteiger partial charge < -0.3 is 11.1 Å². The van der Waals surface area contributed by atoms with E-state index in [4.69, 9.17) is 17.3 Å². The van der Waals surface area contributed by atoms with Crippen LogP contribution in [0.15, 0.2) is 17.6 Å². The van der Waals surface area contributed by atoms with E-state index in [1.807, 2.05) is 0 Å². The van der Waals surface area contributed by atoms with E-state index in [2.05, 4.69) is 15.5 Å². The van der Waals surface area contributed by atoms with Crippen molar-refractivity contribution < 1.29 is 4.79 Å². The first-order valence-corrected chi connectivity index (χ1v) is 5.27. The number of nitrogens with zero attached hydrogens (tertiary/aromatic N) is 1. The molecule has 0 radical (unpaired) electrons. The van der Waals surface area contributed by atoms with E-state index >= 15 is 0 Å². The number of amides is 1. The molecular weight excluding hydrogens is 236 g/mol. The standard InChI is InChI=1S/C8H7ClN4OS/c9-4-1-2-15-6(4)8(14)12-7-5(10)3-11-13-7/h1-3H,10H2,(H2,11,12,13,14). The second-order valence-electron chi connectivity index (χ2n) is 2.75. The maximum Gasteiger partial charge on any atom is 0.268 e. The van der Waals surface area contributed by atoms with Gasteiger partial charge in [0.15, 0.2) is 5.82 Å². The molecule has 0 aromatic carbocycles. The highest BCUT2D eigenvalue weighted by Crippen LogP contribution is 2.23. The van der Waals surface area contributed by atoms with Crippen LogP contribution in [-0.2, 0) is 0 Å². The molecule has 2 rings (SSSR count). The van der Waals surface area contributed by atoms with Gasteiger partial charge in [-0.1, -0.05) is 11.6 Å². The first kappa shape index (κ1) is 10.0. The highest BCUT2D eigenvalue weighted by atomic mass is 35.5. The number of carbonyl (C=O) groups excluding carboxylic acids is 1. The van der Waals surface area contributed by atoms with Gasteiger partial charge in [0.05, 0.1) is 16.9 Å². The van der Waals surface area contributed by atoms with E-state index in [1.165, 1.54) is 17.5 Å². The Hall–Kier alpha value is -1.53. The summed E-state index contributed by atoms with van der Waals surface area (Å²) in [4.78, 5) is 12.1. The van der Waals surface area contributed by atoms with Crippen LogP contribution in [-0.4, -0.2) is 16.1 Å². The molecule has 0 bridgehead atoms. The molecule has 0 unspecified atom stereocenters. The number of nitrogens with two attached hydrogens (primary N) is 1. The average Bonchev–Trinajstić information content (AvgIpc) is 2.76. The summed E-state index contributed by atoms with van der Waals surface area (Å²) in [6.45, 7) is 0. The second kappa shape index (κ2) is 3.92. The molecule has 4 N–H and O–H groups in total. The van der Waals surface area contributed by atoms with Gasteiger partial charge in [0.1, 0.15) is 4.88 Å². The Morgan fingerprint density at radius 1 is 1.67 bits per heavy atom. The summed E-state index contributed by atoms with van der Waals surface area (Å²) in [5, 5.41) is 11.0. The van der Waals surface area contributed by atoms with Crippen molar-refractivity contribution in [2.24, 2.45) is 0 Å². The number of hydrogen-bond acceptors (Lipinski definition) is 4. The van der Waals surface area contributed by atoms with Gasteiger partial charge in [-0.15, -0.1) is 11.3 Å². The number of halogens is 1. The number of rotatable bonds is 2. The van der Waals surface area contributed by atoms with Crippen LogP contribution in [0.1, 0.15) is 9.67 Å². The van der Waals surface area contributed by atoms with Gasteiger partial charge in [-0.25, -0.2) is 0 Å². The zero-order valence-corrected chi connectivity index (χ0v) is 9.02. The highest BCUT2D eigenvalue weighted by Gasteiger charge is 2.13. The van der Waals surface area contributed by atoms with Gasteiger partial charge >= 0.3 is 0 Å². The highest BCUT2D eigenvalue weighted by molar-refractivity contribution is 7.12. The van der Waals surface area contributed by atoms with Crippen molar-refractivity contribution in [1.29, 1.82) is 0 Å². The summed E-state index contributed by atoms with van der Waals surface area (Å²) in [6.07, 6.45) is 1.42. The van der Waals surface area contributed by atoms with Crippen molar-refractivity contribution in [3.8, 4) is 0 Å². The molecule has 0 spiro atoms. The van der Waals surface area contributed by atoms with Crippen molar-refractivity contribution >= 4 is 40.4 Å². The second-order valence-corrected chi connectivity index (χ2v) is 4.08. The van der Waals surface area contributed by atoms with Crippen LogP contribution in [0.25, 0.3) is 0 Å². The van der Waals surface area contributed by atoms with Crippen LogP contribution in [0.4, 0.5) is 11.5 Å². The lowest BCUT2D eigenvalue weighted by atomic mass is 10.4. The van der Waals surface area contributed by atoms with Crippen LogP contribution < -0.4 is 11.1 Å². The van der Waals surface area contributed by atoms with Gasteiger partial charge in [0, 0.05) is 0 Å². The first-order valence-electron chi connectivity index (χ1n) is 4.01. The van der Waals surface area contributed by atoms with Gasteiger partial charge in [0.2, 0.25) is 0 Å². The first-order chi connectivity index (χ1) is 7.18. The third-order valence-electron chi connectivity index (χ3n) is 1.73. The minimum atomic E-state index is -0.300. The molecule has 7 heteroatoms. The number of aromatic amines is 1. The fraction of sp³-hybridized carbons (Fsp3) is 0. The molecule has 0 fully saturated rings. The lowest BCUT2D eigenvalue weighted by Gasteiger charge is -2.01. The van der Waals surface area contributed by atoms with Crippen molar-refractivity contribution in [1.82, 2.24) is 10.2 Å². The maximum absolute atomic E-state index is 11.7. The summed E-state index contributed by atoms with van der Waals surface area (Å²) >= 11 is 7.07. The lowest BCUT2D eigenvalue weighted by Crippen LogP contribution is -2.12. The minimum Gasteiger partial charge on any atom is -0.394 e. The lowest BCUT2D eigenvalue weighted by molar-refractivity contribution is 0.103. The number of anilines is 2. The fourth-order valence-corrected chi connectivity index (χ4v) is 2.06. The van der Waals surface area contributed by atoms with Crippen molar-refractivity contribution in [2.75, 3.05) is 11.1 Å². The predicted octanol–water partition coefficient (Wildman–Crippen LogP) is 1.96. The summed E-state index contributed by atoms with van der Waals surface area (Å²) in [6, 6.07) is 1.66. The number of aromatic nitrogens is 2. The molecule has 2 heterocycles. The molecule has 0 atom stereocenters. The van der Waals surface area contributed by atoms with E-state index in [1.54, 1.807) is 11.4 Å². The van der Waals surface area contributed by atoms with Gasteiger partial charge in [-0.3, -0.25) is 9.89 Å². The molecule has 2 aromatic rings. The van der Waals surface area contributed by atoms with Crippen LogP contribution >= 0.6 is 22.9 Å². The molecule has 0 aliphatic heterocycles. The number of hydrogen-bond donors (Lipinski definition) is 3. The summed E-state index contributed by atoms with van der Waals surface area (Å²) < 4.78 is 0. The Morgan fingerprint density at radius 2 is 2.47 bits per heavy atom. The number of carbonyl (C=O) groups is 1. The van der Waals surface area contributed by atoms with Crippen molar-refractivity contribution in [2.45, 2.75) is 0 Å². The third-order valence-corrected chi connectivity index (χ3v) is 3.07. The SMILES string of the molecule is Nc1cn[nH]c1NC(=O)c1sccc1Cl. The Labute approximate surface area is 94.2 Å². The van der Waals surface area contributed by atoms with Crippen LogP contribution in [0.5, 0.6) is 0 Å². The number of nitrogen functional groups attached to an aromatic ring is 1. The zero-order valence-electron chi connectivity index (χ0n) is 7.45. The topological polar surface area (TPSA) is 83.8 Å². The third kappa shape index (κ3) is 1.95. The summed E-state index contributed by atoms with van der Waals surface area (Å²) in [7, 11) is 0. The van der Waals surface area contributed by atoms with E-state index in [0.29, 0.717) is 21.4 Å². The zero-order chi connectivity index (χ0) is 10.8. The molecular formula is C8H7ClN4OS. The molecule has 0 aliphatic carbocycles. The summed E-state index contributed by atoms with van der Waals surface area (Å²) in [5.41, 5.74) is 5.93. The van der Waals surface area contributed by atoms with E-state index in [0.717, 1.165) is 0 Å². The number of nitrogens with one attached hydrogen (secondary N) is 2. The molecule has 15 heavy (non-hydrogen) atoms. The molecule has 0 saturated heterocycles. The van der Waals surface area contributed by atoms with Gasteiger partial charge in [-0.05, 0) is 11.4 Å².